The molecule has 0 radical (unpaired) electrons. The summed E-state index contributed by atoms with van der Waals surface area (Å²) in [6, 6.07) is -0.413. The fraction of sp³-hybridized carbons (Fsp3) is 0.500. The van der Waals surface area contributed by atoms with Gasteiger partial charge in [0, 0.05) is 10.8 Å². The molecule has 1 amide bonds. The van der Waals surface area contributed by atoms with E-state index < -0.39 is 6.04 Å². The van der Waals surface area contributed by atoms with Crippen molar-refractivity contribution in [1.29, 1.82) is 0 Å². The van der Waals surface area contributed by atoms with Gasteiger partial charge in [-0.05, 0) is 6.92 Å². The molecule has 0 aliphatic heterocycles. The van der Waals surface area contributed by atoms with E-state index in [0.717, 1.165) is 5.69 Å². The number of amides is 1. The van der Waals surface area contributed by atoms with E-state index in [1.54, 1.807) is 6.92 Å². The molecule has 102 valence electrons. The van der Waals surface area contributed by atoms with Gasteiger partial charge in [-0.3, -0.25) is 4.79 Å². The Kier molecular flexibility index (Phi) is 3.66. The lowest BCUT2D eigenvalue weighted by Gasteiger charge is -2.14. The molecular weight excluding hydrogens is 262 g/mol. The second kappa shape index (κ2) is 5.08. The van der Waals surface area contributed by atoms with Crippen LogP contribution in [-0.2, 0) is 10.2 Å². The molecule has 2 aromatic rings. The third-order valence-electron chi connectivity index (χ3n) is 2.72. The summed E-state index contributed by atoms with van der Waals surface area (Å²) in [5.74, 6) is -0.152. The van der Waals surface area contributed by atoms with E-state index in [1.165, 1.54) is 28.7 Å². The Morgan fingerprint density at radius 3 is 2.74 bits per heavy atom. The van der Waals surface area contributed by atoms with E-state index in [9.17, 15) is 4.79 Å². The summed E-state index contributed by atoms with van der Waals surface area (Å²) in [6.45, 7) is 8.03. The standard InChI is InChI=1S/C12H17N5OS/c1-8(17-7-13-6-14-17)10(18)16-11-15-9(5-19-11)12(2,3)4/h5-8H,1-4H3,(H,15,16,18)/t8-/m0/s1. The number of hydrogen-bond acceptors (Lipinski definition) is 5. The smallest absolute Gasteiger partial charge is 0.250 e. The molecule has 6 nitrogen and oxygen atoms in total. The van der Waals surface area contributed by atoms with Crippen molar-refractivity contribution in [2.45, 2.75) is 39.2 Å². The largest absolute Gasteiger partial charge is 0.300 e. The van der Waals surface area contributed by atoms with Crippen molar-refractivity contribution in [1.82, 2.24) is 19.7 Å². The molecule has 0 aromatic carbocycles. The first-order valence-electron chi connectivity index (χ1n) is 5.99. The van der Waals surface area contributed by atoms with Crippen LogP contribution in [-0.4, -0.2) is 25.7 Å². The van der Waals surface area contributed by atoms with Crippen LogP contribution in [0.2, 0.25) is 0 Å². The molecule has 1 N–H and O–H groups in total. The number of aromatic nitrogens is 4. The minimum Gasteiger partial charge on any atom is -0.300 e. The molecule has 0 aliphatic rings. The lowest BCUT2D eigenvalue weighted by molar-refractivity contribution is -0.119. The Bertz CT molecular complexity index is 555. The Hall–Kier alpha value is -1.76. The maximum Gasteiger partial charge on any atom is 0.250 e. The minimum absolute atomic E-state index is 0.0169. The summed E-state index contributed by atoms with van der Waals surface area (Å²) in [6.07, 6.45) is 2.93. The SMILES string of the molecule is C[C@@H](C(=O)Nc1nc(C(C)(C)C)cs1)n1cncn1. The molecule has 0 spiro atoms. The molecule has 0 bridgehead atoms. The molecule has 0 saturated heterocycles. The average molecular weight is 279 g/mol. The van der Waals surface area contributed by atoms with Crippen LogP contribution in [0.4, 0.5) is 5.13 Å². The minimum atomic E-state index is -0.413. The highest BCUT2D eigenvalue weighted by Gasteiger charge is 2.20. The Balaban J connectivity index is 2.05. The molecule has 1 atom stereocenters. The zero-order valence-electron chi connectivity index (χ0n) is 11.4. The number of rotatable bonds is 3. The number of nitrogens with zero attached hydrogens (tertiary/aromatic N) is 4. The molecule has 2 heterocycles. The third-order valence-corrected chi connectivity index (χ3v) is 3.47. The Morgan fingerprint density at radius 1 is 1.47 bits per heavy atom. The lowest BCUT2D eigenvalue weighted by Crippen LogP contribution is -2.24. The highest BCUT2D eigenvalue weighted by atomic mass is 32.1. The zero-order valence-corrected chi connectivity index (χ0v) is 12.2. The van der Waals surface area contributed by atoms with Crippen molar-refractivity contribution < 1.29 is 4.79 Å². The van der Waals surface area contributed by atoms with E-state index in [-0.39, 0.29) is 11.3 Å². The summed E-state index contributed by atoms with van der Waals surface area (Å²) in [7, 11) is 0. The molecule has 0 unspecified atom stereocenters. The van der Waals surface area contributed by atoms with Gasteiger partial charge >= 0.3 is 0 Å². The van der Waals surface area contributed by atoms with Gasteiger partial charge < -0.3 is 5.32 Å². The Morgan fingerprint density at radius 2 is 2.21 bits per heavy atom. The number of carbonyl (C=O) groups excluding carboxylic acids is 1. The van der Waals surface area contributed by atoms with Gasteiger partial charge in [-0.1, -0.05) is 20.8 Å². The van der Waals surface area contributed by atoms with Crippen LogP contribution in [0.25, 0.3) is 0 Å². The zero-order chi connectivity index (χ0) is 14.0. The second-order valence-corrected chi connectivity index (χ2v) is 6.19. The van der Waals surface area contributed by atoms with Gasteiger partial charge in [-0.25, -0.2) is 14.6 Å². The summed E-state index contributed by atoms with van der Waals surface area (Å²) in [5.41, 5.74) is 0.956. The quantitative estimate of drug-likeness (QED) is 0.935. The lowest BCUT2D eigenvalue weighted by atomic mass is 9.93. The number of carbonyl (C=O) groups is 1. The van der Waals surface area contributed by atoms with Crippen molar-refractivity contribution in [3.05, 3.63) is 23.7 Å². The number of thiazole rings is 1. The molecule has 0 fully saturated rings. The normalized spacial score (nSPS) is 13.3. The fourth-order valence-corrected chi connectivity index (χ4v) is 2.36. The van der Waals surface area contributed by atoms with Gasteiger partial charge in [0.1, 0.15) is 18.7 Å². The van der Waals surface area contributed by atoms with Gasteiger partial charge in [-0.2, -0.15) is 5.10 Å². The number of nitrogens with one attached hydrogen (secondary N) is 1. The van der Waals surface area contributed by atoms with Crippen LogP contribution in [0.5, 0.6) is 0 Å². The molecule has 2 aromatic heterocycles. The molecule has 0 aliphatic carbocycles. The van der Waals surface area contributed by atoms with Gasteiger partial charge in [0.2, 0.25) is 0 Å². The van der Waals surface area contributed by atoms with Crippen molar-refractivity contribution in [3.63, 3.8) is 0 Å². The van der Waals surface area contributed by atoms with E-state index in [0.29, 0.717) is 5.13 Å². The molecule has 19 heavy (non-hydrogen) atoms. The van der Waals surface area contributed by atoms with Crippen molar-refractivity contribution in [2.24, 2.45) is 0 Å². The first-order chi connectivity index (χ1) is 8.88. The molecule has 0 saturated carbocycles. The van der Waals surface area contributed by atoms with E-state index in [1.807, 2.05) is 5.38 Å². The van der Waals surface area contributed by atoms with Gasteiger partial charge in [0.05, 0.1) is 5.69 Å². The highest BCUT2D eigenvalue weighted by Crippen LogP contribution is 2.26. The van der Waals surface area contributed by atoms with E-state index in [2.05, 4.69) is 41.2 Å². The number of hydrogen-bond donors (Lipinski definition) is 1. The van der Waals surface area contributed by atoms with Crippen molar-refractivity contribution in [2.75, 3.05) is 5.32 Å². The second-order valence-electron chi connectivity index (χ2n) is 5.33. The van der Waals surface area contributed by atoms with Gasteiger partial charge in [-0.15, -0.1) is 11.3 Å². The summed E-state index contributed by atoms with van der Waals surface area (Å²) in [5, 5.41) is 9.33. The van der Waals surface area contributed by atoms with Crippen LogP contribution < -0.4 is 5.32 Å². The van der Waals surface area contributed by atoms with E-state index in [4.69, 9.17) is 0 Å². The van der Waals surface area contributed by atoms with Crippen LogP contribution in [0.3, 0.4) is 0 Å². The van der Waals surface area contributed by atoms with Crippen molar-refractivity contribution in [3.8, 4) is 0 Å². The fourth-order valence-electron chi connectivity index (χ4n) is 1.42. The maximum atomic E-state index is 12.0. The number of anilines is 1. The van der Waals surface area contributed by atoms with Gasteiger partial charge in [0.15, 0.2) is 5.13 Å². The maximum absolute atomic E-state index is 12.0. The summed E-state index contributed by atoms with van der Waals surface area (Å²) < 4.78 is 1.51. The first-order valence-corrected chi connectivity index (χ1v) is 6.87. The molecular formula is C12H17N5OS. The summed E-state index contributed by atoms with van der Waals surface area (Å²) in [4.78, 5) is 20.3. The topological polar surface area (TPSA) is 72.7 Å². The van der Waals surface area contributed by atoms with Crippen LogP contribution >= 0.6 is 11.3 Å². The third kappa shape index (κ3) is 3.17. The van der Waals surface area contributed by atoms with E-state index >= 15 is 0 Å². The monoisotopic (exact) mass is 279 g/mol. The van der Waals surface area contributed by atoms with Crippen molar-refractivity contribution >= 4 is 22.4 Å². The summed E-state index contributed by atoms with van der Waals surface area (Å²) >= 11 is 1.43. The Labute approximate surface area is 115 Å². The highest BCUT2D eigenvalue weighted by molar-refractivity contribution is 7.13. The predicted octanol–water partition coefficient (Wildman–Crippen LogP) is 2.23. The van der Waals surface area contributed by atoms with Crippen LogP contribution in [0.15, 0.2) is 18.0 Å². The van der Waals surface area contributed by atoms with Crippen LogP contribution in [0.1, 0.15) is 39.4 Å². The predicted molar refractivity (Wildman–Crippen MR) is 74.2 cm³/mol. The molecule has 7 heteroatoms. The van der Waals surface area contributed by atoms with Gasteiger partial charge in [0.25, 0.3) is 5.91 Å². The van der Waals surface area contributed by atoms with Crippen LogP contribution in [0, 0.1) is 0 Å². The first kappa shape index (κ1) is 13.7. The average Bonchev–Trinajstić information content (AvgIpc) is 2.97. The molecule has 2 rings (SSSR count).